The minimum Gasteiger partial charge on any atom is -0.320 e. The second-order valence-corrected chi connectivity index (χ2v) is 7.26. The number of carbonyl (C=O) groups is 1. The zero-order valence-electron chi connectivity index (χ0n) is 14.1. The highest BCUT2D eigenvalue weighted by Crippen LogP contribution is 2.32. The summed E-state index contributed by atoms with van der Waals surface area (Å²) in [6.45, 7) is 4.23. The highest BCUT2D eigenvalue weighted by molar-refractivity contribution is 7.98. The maximum absolute atomic E-state index is 13.1. The van der Waals surface area contributed by atoms with E-state index in [2.05, 4.69) is 29.4 Å². The van der Waals surface area contributed by atoms with Gasteiger partial charge in [0.15, 0.2) is 0 Å². The van der Waals surface area contributed by atoms with Crippen molar-refractivity contribution in [2.75, 3.05) is 24.2 Å². The van der Waals surface area contributed by atoms with E-state index in [1.807, 2.05) is 29.0 Å². The molecule has 24 heavy (non-hydrogen) atoms. The molecule has 0 unspecified atom stereocenters. The number of urea groups is 1. The fourth-order valence-electron chi connectivity index (χ4n) is 3.64. The van der Waals surface area contributed by atoms with Gasteiger partial charge in [0.05, 0.1) is 5.69 Å². The topological polar surface area (TPSA) is 36.4 Å². The molecule has 4 nitrogen and oxygen atoms in total. The fourth-order valence-corrected chi connectivity index (χ4v) is 4.30. The number of benzene rings is 1. The first kappa shape index (κ1) is 15.5. The second kappa shape index (κ2) is 6.13. The van der Waals surface area contributed by atoms with E-state index in [1.165, 1.54) is 21.6 Å². The second-order valence-electron chi connectivity index (χ2n) is 6.41. The third-order valence-corrected chi connectivity index (χ3v) is 5.77. The van der Waals surface area contributed by atoms with Crippen LogP contribution in [-0.2, 0) is 19.4 Å². The van der Waals surface area contributed by atoms with E-state index in [9.17, 15) is 4.79 Å². The van der Waals surface area contributed by atoms with Gasteiger partial charge >= 0.3 is 6.03 Å². The Labute approximate surface area is 146 Å². The number of amides is 2. The molecule has 0 N–H and O–H groups in total. The molecule has 1 aromatic carbocycles. The van der Waals surface area contributed by atoms with Crippen LogP contribution in [-0.4, -0.2) is 35.3 Å². The molecule has 0 aliphatic carbocycles. The van der Waals surface area contributed by atoms with E-state index in [-0.39, 0.29) is 6.03 Å². The van der Waals surface area contributed by atoms with Crippen molar-refractivity contribution in [1.82, 2.24) is 9.88 Å². The summed E-state index contributed by atoms with van der Waals surface area (Å²) < 4.78 is 0. The number of thioether (sulfide) groups is 1. The van der Waals surface area contributed by atoms with Gasteiger partial charge < -0.3 is 4.90 Å². The molecule has 0 radical (unpaired) electrons. The van der Waals surface area contributed by atoms with Gasteiger partial charge in [-0.1, -0.05) is 12.1 Å². The van der Waals surface area contributed by atoms with Crippen LogP contribution < -0.4 is 4.90 Å². The van der Waals surface area contributed by atoms with Crippen molar-refractivity contribution in [3.05, 3.63) is 52.8 Å². The van der Waals surface area contributed by atoms with Crippen LogP contribution >= 0.6 is 11.8 Å². The van der Waals surface area contributed by atoms with E-state index < -0.39 is 0 Å². The Kier molecular flexibility index (Phi) is 3.96. The molecule has 2 aliphatic rings. The number of hydrogen-bond donors (Lipinski definition) is 0. The Bertz CT molecular complexity index is 791. The molecule has 0 atom stereocenters. The molecule has 4 rings (SSSR count). The van der Waals surface area contributed by atoms with Gasteiger partial charge in [0.1, 0.15) is 0 Å². The average molecular weight is 339 g/mol. The first-order valence-electron chi connectivity index (χ1n) is 8.34. The molecule has 0 bridgehead atoms. The van der Waals surface area contributed by atoms with Crippen LogP contribution in [0.1, 0.15) is 22.4 Å². The third-order valence-electron chi connectivity index (χ3n) is 4.95. The highest BCUT2D eigenvalue weighted by Gasteiger charge is 2.31. The maximum atomic E-state index is 13.1. The van der Waals surface area contributed by atoms with E-state index in [4.69, 9.17) is 0 Å². The largest absolute Gasteiger partial charge is 0.324 e. The van der Waals surface area contributed by atoms with Crippen molar-refractivity contribution in [2.24, 2.45) is 0 Å². The van der Waals surface area contributed by atoms with Crippen LogP contribution in [0.25, 0.3) is 0 Å². The van der Waals surface area contributed by atoms with Gasteiger partial charge in [0, 0.05) is 36.4 Å². The summed E-state index contributed by atoms with van der Waals surface area (Å²) in [6.07, 6.45) is 5.85. The Morgan fingerprint density at radius 2 is 2.04 bits per heavy atom. The molecule has 2 aliphatic heterocycles. The van der Waals surface area contributed by atoms with Crippen molar-refractivity contribution >= 4 is 23.5 Å². The van der Waals surface area contributed by atoms with Gasteiger partial charge in [-0.25, -0.2) is 4.79 Å². The van der Waals surface area contributed by atoms with E-state index >= 15 is 0 Å². The lowest BCUT2D eigenvalue weighted by Gasteiger charge is -2.33. The van der Waals surface area contributed by atoms with Crippen molar-refractivity contribution < 1.29 is 4.79 Å². The number of aryl methyl sites for hydroxylation is 1. The van der Waals surface area contributed by atoms with Gasteiger partial charge in [-0.2, -0.15) is 0 Å². The molecule has 0 spiro atoms. The normalized spacial score (nSPS) is 16.1. The summed E-state index contributed by atoms with van der Waals surface area (Å²) >= 11 is 1.76. The predicted molar refractivity (Wildman–Crippen MR) is 97.8 cm³/mol. The SMILES string of the molecule is CSc1cccc2c1CN(C(=O)N1CCc3cnc(C)cc31)CC2. The van der Waals surface area contributed by atoms with Crippen molar-refractivity contribution in [1.29, 1.82) is 0 Å². The monoisotopic (exact) mass is 339 g/mol. The zero-order chi connectivity index (χ0) is 16.7. The fraction of sp³-hybridized carbons (Fsp3) is 0.368. The molecule has 0 saturated carbocycles. The number of anilines is 1. The Balaban J connectivity index is 1.60. The van der Waals surface area contributed by atoms with Crippen molar-refractivity contribution in [3.63, 3.8) is 0 Å². The molecular weight excluding hydrogens is 318 g/mol. The molecule has 1 aromatic heterocycles. The average Bonchev–Trinajstić information content (AvgIpc) is 3.03. The number of aromatic nitrogens is 1. The minimum atomic E-state index is 0.126. The maximum Gasteiger partial charge on any atom is 0.324 e. The molecule has 124 valence electrons. The predicted octanol–water partition coefficient (Wildman–Crippen LogP) is 3.65. The molecule has 0 fully saturated rings. The van der Waals surface area contributed by atoms with Crippen LogP contribution in [0.15, 0.2) is 35.4 Å². The quantitative estimate of drug-likeness (QED) is 0.744. The Morgan fingerprint density at radius 1 is 1.21 bits per heavy atom. The van der Waals surface area contributed by atoms with Gasteiger partial charge in [-0.3, -0.25) is 9.88 Å². The Hall–Kier alpha value is -2.01. The number of hydrogen-bond acceptors (Lipinski definition) is 3. The van der Waals surface area contributed by atoms with Crippen LogP contribution in [0.3, 0.4) is 0 Å². The number of carbonyl (C=O) groups excluding carboxylic acids is 1. The Morgan fingerprint density at radius 3 is 2.88 bits per heavy atom. The number of fused-ring (bicyclic) bond motifs is 2. The molecule has 2 amide bonds. The molecular formula is C19H21N3OS. The van der Waals surface area contributed by atoms with Crippen LogP contribution in [0, 0.1) is 6.92 Å². The summed E-state index contributed by atoms with van der Waals surface area (Å²) in [7, 11) is 0. The lowest BCUT2D eigenvalue weighted by molar-refractivity contribution is 0.199. The summed E-state index contributed by atoms with van der Waals surface area (Å²) in [6, 6.07) is 8.62. The van der Waals surface area contributed by atoms with E-state index in [1.54, 1.807) is 11.8 Å². The van der Waals surface area contributed by atoms with Gasteiger partial charge in [0.2, 0.25) is 0 Å². The highest BCUT2D eigenvalue weighted by atomic mass is 32.2. The summed E-state index contributed by atoms with van der Waals surface area (Å²) in [5.41, 5.74) is 5.87. The molecule has 2 aromatic rings. The van der Waals surface area contributed by atoms with Gasteiger partial charge in [-0.05, 0) is 54.8 Å². The molecule has 5 heteroatoms. The summed E-state index contributed by atoms with van der Waals surface area (Å²) in [5, 5.41) is 0. The van der Waals surface area contributed by atoms with Crippen LogP contribution in [0.4, 0.5) is 10.5 Å². The number of pyridine rings is 1. The lowest BCUT2D eigenvalue weighted by Crippen LogP contribution is -2.45. The third kappa shape index (κ3) is 2.57. The van der Waals surface area contributed by atoms with Crippen molar-refractivity contribution in [3.8, 4) is 0 Å². The first-order chi connectivity index (χ1) is 11.7. The first-order valence-corrected chi connectivity index (χ1v) is 9.56. The van der Waals surface area contributed by atoms with E-state index in [0.717, 1.165) is 37.3 Å². The van der Waals surface area contributed by atoms with E-state index in [0.29, 0.717) is 6.54 Å². The molecule has 0 saturated heterocycles. The van der Waals surface area contributed by atoms with Crippen LogP contribution in [0.5, 0.6) is 0 Å². The smallest absolute Gasteiger partial charge is 0.320 e. The number of nitrogens with zero attached hydrogens (tertiary/aromatic N) is 3. The van der Waals surface area contributed by atoms with Crippen LogP contribution in [0.2, 0.25) is 0 Å². The summed E-state index contributed by atoms with van der Waals surface area (Å²) in [4.78, 5) is 22.7. The van der Waals surface area contributed by atoms with Crippen molar-refractivity contribution in [2.45, 2.75) is 31.2 Å². The standard InChI is InChI=1S/C19H21N3OS/c1-13-10-17-15(11-20-13)7-9-22(17)19(23)21-8-6-14-4-3-5-18(24-2)16(14)12-21/h3-5,10-11H,6-9,12H2,1-2H3. The van der Waals surface area contributed by atoms with Gasteiger partial charge in [0.25, 0.3) is 0 Å². The number of rotatable bonds is 1. The zero-order valence-corrected chi connectivity index (χ0v) is 14.9. The lowest BCUT2D eigenvalue weighted by atomic mass is 10.00. The van der Waals surface area contributed by atoms with Gasteiger partial charge in [-0.15, -0.1) is 11.8 Å². The molecule has 3 heterocycles. The summed E-state index contributed by atoms with van der Waals surface area (Å²) in [5.74, 6) is 0. The minimum absolute atomic E-state index is 0.126.